The van der Waals surface area contributed by atoms with Crippen LogP contribution in [0.3, 0.4) is 0 Å². The minimum Gasteiger partial charge on any atom is -0.493 e. The molecule has 186 valence electrons. The van der Waals surface area contributed by atoms with E-state index in [-0.39, 0.29) is 13.2 Å². The molecule has 2 aromatic carbocycles. The van der Waals surface area contributed by atoms with Crippen LogP contribution in [0, 0.1) is 0 Å². The summed E-state index contributed by atoms with van der Waals surface area (Å²) in [5.74, 6) is 1.08. The maximum absolute atomic E-state index is 12.3. The van der Waals surface area contributed by atoms with Crippen LogP contribution in [0.5, 0.6) is 23.0 Å². The van der Waals surface area contributed by atoms with Crippen molar-refractivity contribution in [3.8, 4) is 23.0 Å². The number of carbonyl (C=O) groups is 2. The Morgan fingerprint density at radius 2 is 1.09 bits per heavy atom. The summed E-state index contributed by atoms with van der Waals surface area (Å²) >= 11 is 0. The van der Waals surface area contributed by atoms with E-state index in [4.69, 9.17) is 33.2 Å². The van der Waals surface area contributed by atoms with Gasteiger partial charge in [-0.15, -0.1) is 0 Å². The first-order chi connectivity index (χ1) is 17.0. The molecule has 2 aromatic rings. The van der Waals surface area contributed by atoms with Gasteiger partial charge in [-0.25, -0.2) is 9.59 Å². The van der Waals surface area contributed by atoms with Crippen LogP contribution in [0.2, 0.25) is 0 Å². The smallest absolute Gasteiger partial charge is 0.331 e. The molecule has 3 rings (SSSR count). The Morgan fingerprint density at radius 3 is 1.46 bits per heavy atom. The molecular weight excluding hydrogens is 456 g/mol. The molecule has 0 aliphatic carbocycles. The summed E-state index contributed by atoms with van der Waals surface area (Å²) in [6, 6.07) is 10.5. The van der Waals surface area contributed by atoms with E-state index in [0.717, 1.165) is 11.1 Å². The molecule has 0 aromatic heterocycles. The SMILES string of the molecule is COc1ccc(C=CC(=O)OC2COCC2OC(=O)/C=C/c2ccc(OC)c(OC)c2)cc1OC. The molecule has 1 fully saturated rings. The zero-order chi connectivity index (χ0) is 25.2. The molecule has 0 spiro atoms. The third-order valence-corrected chi connectivity index (χ3v) is 5.15. The lowest BCUT2D eigenvalue weighted by Crippen LogP contribution is -2.33. The zero-order valence-electron chi connectivity index (χ0n) is 20.0. The second-order valence-corrected chi connectivity index (χ2v) is 7.38. The molecule has 0 radical (unpaired) electrons. The lowest BCUT2D eigenvalue weighted by molar-refractivity contribution is -0.157. The lowest BCUT2D eigenvalue weighted by Gasteiger charge is -2.17. The monoisotopic (exact) mass is 484 g/mol. The molecule has 1 heterocycles. The van der Waals surface area contributed by atoms with E-state index >= 15 is 0 Å². The van der Waals surface area contributed by atoms with Crippen LogP contribution in [0.15, 0.2) is 48.6 Å². The van der Waals surface area contributed by atoms with E-state index in [1.165, 1.54) is 26.4 Å². The summed E-state index contributed by atoms with van der Waals surface area (Å²) in [5, 5.41) is 0. The predicted molar refractivity (Wildman–Crippen MR) is 128 cm³/mol. The molecule has 9 nitrogen and oxygen atoms in total. The van der Waals surface area contributed by atoms with E-state index in [0.29, 0.717) is 23.0 Å². The van der Waals surface area contributed by atoms with E-state index in [1.54, 1.807) is 62.8 Å². The number of benzene rings is 2. The normalized spacial score (nSPS) is 17.4. The van der Waals surface area contributed by atoms with Gasteiger partial charge in [0, 0.05) is 12.2 Å². The van der Waals surface area contributed by atoms with Gasteiger partial charge in [-0.1, -0.05) is 12.1 Å². The van der Waals surface area contributed by atoms with E-state index in [1.807, 2.05) is 0 Å². The summed E-state index contributed by atoms with van der Waals surface area (Å²) in [6.45, 7) is 0.264. The number of hydrogen-bond donors (Lipinski definition) is 0. The fourth-order valence-electron chi connectivity index (χ4n) is 3.35. The van der Waals surface area contributed by atoms with Gasteiger partial charge in [0.2, 0.25) is 0 Å². The first-order valence-electron chi connectivity index (χ1n) is 10.8. The minimum atomic E-state index is -0.712. The molecule has 0 amide bonds. The fourth-order valence-corrected chi connectivity index (χ4v) is 3.35. The highest BCUT2D eigenvalue weighted by Gasteiger charge is 2.34. The molecule has 1 saturated heterocycles. The first kappa shape index (κ1) is 25.6. The summed E-state index contributed by atoms with van der Waals surface area (Å²) < 4.78 is 37.1. The highest BCUT2D eigenvalue weighted by atomic mass is 16.6. The quantitative estimate of drug-likeness (QED) is 0.372. The number of rotatable bonds is 10. The number of hydrogen-bond acceptors (Lipinski definition) is 9. The zero-order valence-corrected chi connectivity index (χ0v) is 20.0. The van der Waals surface area contributed by atoms with Gasteiger partial charge in [0.1, 0.15) is 0 Å². The molecule has 35 heavy (non-hydrogen) atoms. The van der Waals surface area contributed by atoms with E-state index in [9.17, 15) is 9.59 Å². The topological polar surface area (TPSA) is 98.8 Å². The van der Waals surface area contributed by atoms with Crippen LogP contribution in [0.1, 0.15) is 11.1 Å². The van der Waals surface area contributed by atoms with Crippen molar-refractivity contribution in [2.24, 2.45) is 0 Å². The van der Waals surface area contributed by atoms with Crippen molar-refractivity contribution in [2.75, 3.05) is 41.7 Å². The van der Waals surface area contributed by atoms with Gasteiger partial charge in [-0.2, -0.15) is 0 Å². The van der Waals surface area contributed by atoms with Crippen LogP contribution in [0.4, 0.5) is 0 Å². The number of carbonyl (C=O) groups excluding carboxylic acids is 2. The Hall–Kier alpha value is -3.98. The van der Waals surface area contributed by atoms with Crippen LogP contribution in [-0.2, 0) is 23.8 Å². The Bertz CT molecular complexity index is 1000. The predicted octanol–water partition coefficient (Wildman–Crippen LogP) is 3.30. The lowest BCUT2D eigenvalue weighted by atomic mass is 10.2. The molecule has 2 unspecified atom stereocenters. The second-order valence-electron chi connectivity index (χ2n) is 7.38. The van der Waals surface area contributed by atoms with Gasteiger partial charge in [-0.05, 0) is 47.5 Å². The van der Waals surface area contributed by atoms with Gasteiger partial charge < -0.3 is 33.2 Å². The third-order valence-electron chi connectivity index (χ3n) is 5.15. The Balaban J connectivity index is 1.55. The van der Waals surface area contributed by atoms with Gasteiger partial charge in [-0.3, -0.25) is 0 Å². The number of ether oxygens (including phenoxy) is 7. The van der Waals surface area contributed by atoms with Crippen LogP contribution < -0.4 is 18.9 Å². The van der Waals surface area contributed by atoms with Crippen molar-refractivity contribution in [1.82, 2.24) is 0 Å². The van der Waals surface area contributed by atoms with Crippen molar-refractivity contribution < 1.29 is 42.7 Å². The Labute approximate surface area is 203 Å². The van der Waals surface area contributed by atoms with Crippen molar-refractivity contribution in [1.29, 1.82) is 0 Å². The Morgan fingerprint density at radius 1 is 0.686 bits per heavy atom. The molecule has 0 bridgehead atoms. The van der Waals surface area contributed by atoms with Gasteiger partial charge in [0.25, 0.3) is 0 Å². The highest BCUT2D eigenvalue weighted by molar-refractivity contribution is 5.88. The average Bonchev–Trinajstić information content (AvgIpc) is 3.31. The molecular formula is C26H28O9. The number of esters is 2. The third kappa shape index (κ3) is 7.00. The molecule has 1 aliphatic rings. The summed E-state index contributed by atoms with van der Waals surface area (Å²) in [4.78, 5) is 24.6. The van der Waals surface area contributed by atoms with Crippen molar-refractivity contribution in [2.45, 2.75) is 12.2 Å². The first-order valence-corrected chi connectivity index (χ1v) is 10.8. The fraction of sp³-hybridized carbons (Fsp3) is 0.308. The van der Waals surface area contributed by atoms with Crippen LogP contribution in [0.25, 0.3) is 12.2 Å². The van der Waals surface area contributed by atoms with Crippen LogP contribution >= 0.6 is 0 Å². The van der Waals surface area contributed by atoms with Gasteiger partial charge in [0.05, 0.1) is 41.7 Å². The van der Waals surface area contributed by atoms with Gasteiger partial charge in [0.15, 0.2) is 35.2 Å². The molecule has 0 N–H and O–H groups in total. The molecule has 9 heteroatoms. The maximum atomic E-state index is 12.3. The van der Waals surface area contributed by atoms with E-state index in [2.05, 4.69) is 0 Å². The van der Waals surface area contributed by atoms with Crippen molar-refractivity contribution >= 4 is 24.1 Å². The summed E-state index contributed by atoms with van der Waals surface area (Å²) in [6.07, 6.45) is 4.33. The van der Waals surface area contributed by atoms with Crippen molar-refractivity contribution in [3.63, 3.8) is 0 Å². The largest absolute Gasteiger partial charge is 0.493 e. The van der Waals surface area contributed by atoms with Gasteiger partial charge >= 0.3 is 11.9 Å². The maximum Gasteiger partial charge on any atom is 0.331 e. The molecule has 2 atom stereocenters. The summed E-state index contributed by atoms with van der Waals surface area (Å²) in [7, 11) is 6.15. The minimum absolute atomic E-state index is 0.132. The van der Waals surface area contributed by atoms with Crippen LogP contribution in [-0.4, -0.2) is 65.8 Å². The standard InChI is InChI=1S/C26H28O9/c1-29-19-9-5-17(13-21(19)31-3)7-11-25(27)34-23-15-33-16-24(23)35-26(28)12-8-18-6-10-20(30-2)22(14-18)32-4/h5-14,23-24H,15-16H2,1-4H3/b11-7+,12-8?. The number of methoxy groups -OCH3 is 4. The Kier molecular flexibility index (Phi) is 9.14. The summed E-state index contributed by atoms with van der Waals surface area (Å²) in [5.41, 5.74) is 1.45. The molecule has 0 saturated carbocycles. The average molecular weight is 485 g/mol. The van der Waals surface area contributed by atoms with Crippen molar-refractivity contribution in [3.05, 3.63) is 59.7 Å². The highest BCUT2D eigenvalue weighted by Crippen LogP contribution is 2.29. The van der Waals surface area contributed by atoms with E-state index < -0.39 is 24.1 Å². The molecule has 1 aliphatic heterocycles. The second kappa shape index (κ2) is 12.5.